The van der Waals surface area contributed by atoms with Gasteiger partial charge in [-0.15, -0.1) is 0 Å². The number of nitrogens with zero attached hydrogens (tertiary/aromatic N) is 1. The van der Waals surface area contributed by atoms with Crippen LogP contribution in [0.15, 0.2) is 12.1 Å². The molecule has 1 aromatic rings. The van der Waals surface area contributed by atoms with Crippen LogP contribution in [0.3, 0.4) is 0 Å². The summed E-state index contributed by atoms with van der Waals surface area (Å²) in [5.74, 6) is -2.00. The number of rotatable bonds is 5. The van der Waals surface area contributed by atoms with Crippen LogP contribution in [-0.4, -0.2) is 11.0 Å². The first-order chi connectivity index (χ1) is 7.95. The number of nitro groups is 1. The lowest BCUT2D eigenvalue weighted by atomic mass is 10.1. The monoisotopic (exact) mass is 244 g/mol. The average molecular weight is 244 g/mol. The molecule has 1 aromatic carbocycles. The summed E-state index contributed by atoms with van der Waals surface area (Å²) in [6, 6.07) is 1.36. The lowest BCUT2D eigenvalue weighted by Crippen LogP contribution is -2.16. The van der Waals surface area contributed by atoms with E-state index in [2.05, 4.69) is 5.32 Å². The molecule has 0 aliphatic carbocycles. The molecule has 0 bridgehead atoms. The van der Waals surface area contributed by atoms with E-state index in [1.165, 1.54) is 0 Å². The van der Waals surface area contributed by atoms with E-state index in [9.17, 15) is 18.9 Å². The molecule has 0 aromatic heterocycles. The molecule has 0 amide bonds. The van der Waals surface area contributed by atoms with E-state index in [-0.39, 0.29) is 11.7 Å². The van der Waals surface area contributed by atoms with Crippen molar-refractivity contribution in [3.8, 4) is 0 Å². The van der Waals surface area contributed by atoms with E-state index in [0.717, 1.165) is 18.9 Å². The van der Waals surface area contributed by atoms with Crippen molar-refractivity contribution in [3.05, 3.63) is 33.9 Å². The van der Waals surface area contributed by atoms with E-state index in [4.69, 9.17) is 0 Å². The summed E-state index contributed by atoms with van der Waals surface area (Å²) >= 11 is 0. The fourth-order valence-corrected chi connectivity index (χ4v) is 1.63. The molecule has 0 spiro atoms. The van der Waals surface area contributed by atoms with Gasteiger partial charge in [0.15, 0.2) is 0 Å². The van der Waals surface area contributed by atoms with E-state index in [0.29, 0.717) is 6.07 Å². The molecule has 0 saturated heterocycles. The maximum absolute atomic E-state index is 13.3. The minimum absolute atomic E-state index is 0.0834. The van der Waals surface area contributed by atoms with Crippen LogP contribution < -0.4 is 5.32 Å². The van der Waals surface area contributed by atoms with E-state index in [1.54, 1.807) is 6.92 Å². The molecule has 1 rings (SSSR count). The van der Waals surface area contributed by atoms with Gasteiger partial charge in [-0.05, 0) is 13.3 Å². The van der Waals surface area contributed by atoms with Crippen molar-refractivity contribution in [2.45, 2.75) is 32.7 Å². The molecule has 1 unspecified atom stereocenters. The van der Waals surface area contributed by atoms with Gasteiger partial charge in [-0.3, -0.25) is 10.1 Å². The van der Waals surface area contributed by atoms with Gasteiger partial charge in [0.1, 0.15) is 11.5 Å². The smallest absolute Gasteiger partial charge is 0.327 e. The van der Waals surface area contributed by atoms with Crippen molar-refractivity contribution in [2.75, 3.05) is 5.32 Å². The van der Waals surface area contributed by atoms with Crippen molar-refractivity contribution in [2.24, 2.45) is 0 Å². The summed E-state index contributed by atoms with van der Waals surface area (Å²) in [6.45, 7) is 3.76. The lowest BCUT2D eigenvalue weighted by molar-refractivity contribution is -0.386. The second-order valence-electron chi connectivity index (χ2n) is 3.87. The maximum Gasteiger partial charge on any atom is 0.327 e. The molecule has 0 heterocycles. The summed E-state index contributed by atoms with van der Waals surface area (Å²) in [5.41, 5.74) is -0.831. The molecule has 0 radical (unpaired) electrons. The quantitative estimate of drug-likeness (QED) is 0.637. The highest BCUT2D eigenvalue weighted by molar-refractivity contribution is 5.62. The second-order valence-corrected chi connectivity index (χ2v) is 3.87. The van der Waals surface area contributed by atoms with Crippen molar-refractivity contribution < 1.29 is 13.7 Å². The maximum atomic E-state index is 13.3. The summed E-state index contributed by atoms with van der Waals surface area (Å²) in [4.78, 5) is 9.84. The summed E-state index contributed by atoms with van der Waals surface area (Å²) in [7, 11) is 0. The fourth-order valence-electron chi connectivity index (χ4n) is 1.63. The topological polar surface area (TPSA) is 55.2 Å². The third-order valence-electron chi connectivity index (χ3n) is 2.33. The predicted octanol–water partition coefficient (Wildman–Crippen LogP) is 3.47. The van der Waals surface area contributed by atoms with Gasteiger partial charge in [0.25, 0.3) is 0 Å². The van der Waals surface area contributed by atoms with Gasteiger partial charge in [-0.2, -0.15) is 4.39 Å². The third kappa shape index (κ3) is 3.37. The van der Waals surface area contributed by atoms with E-state index < -0.39 is 22.2 Å². The van der Waals surface area contributed by atoms with Crippen LogP contribution in [0.5, 0.6) is 0 Å². The van der Waals surface area contributed by atoms with Gasteiger partial charge in [-0.1, -0.05) is 13.3 Å². The number of hydrogen-bond donors (Lipinski definition) is 1. The molecular weight excluding hydrogens is 230 g/mol. The minimum atomic E-state index is -1.17. The molecule has 6 heteroatoms. The van der Waals surface area contributed by atoms with Crippen LogP contribution in [0.25, 0.3) is 0 Å². The summed E-state index contributed by atoms with van der Waals surface area (Å²) < 4.78 is 26.3. The highest BCUT2D eigenvalue weighted by Crippen LogP contribution is 2.29. The zero-order chi connectivity index (χ0) is 13.0. The van der Waals surface area contributed by atoms with Gasteiger partial charge in [-0.25, -0.2) is 4.39 Å². The Morgan fingerprint density at radius 3 is 2.65 bits per heavy atom. The van der Waals surface area contributed by atoms with Crippen molar-refractivity contribution in [3.63, 3.8) is 0 Å². The van der Waals surface area contributed by atoms with Crippen LogP contribution in [0, 0.1) is 21.7 Å². The van der Waals surface area contributed by atoms with Gasteiger partial charge >= 0.3 is 5.69 Å². The molecular formula is C11H14F2N2O2. The van der Waals surface area contributed by atoms with Crippen molar-refractivity contribution in [1.82, 2.24) is 0 Å². The average Bonchev–Trinajstić information content (AvgIpc) is 2.15. The second kappa shape index (κ2) is 5.56. The molecule has 1 N–H and O–H groups in total. The predicted molar refractivity (Wildman–Crippen MR) is 61.0 cm³/mol. The highest BCUT2D eigenvalue weighted by Gasteiger charge is 2.22. The summed E-state index contributed by atoms with van der Waals surface area (Å²) in [6.07, 6.45) is 1.63. The Hall–Kier alpha value is -1.72. The Kier molecular flexibility index (Phi) is 4.37. The number of nitrogens with one attached hydrogen (secondary N) is 1. The molecule has 94 valence electrons. The van der Waals surface area contributed by atoms with E-state index in [1.807, 2.05) is 6.92 Å². The van der Waals surface area contributed by atoms with Gasteiger partial charge in [0.05, 0.1) is 4.92 Å². The largest absolute Gasteiger partial charge is 0.377 e. The number of hydrogen-bond acceptors (Lipinski definition) is 3. The van der Waals surface area contributed by atoms with Gasteiger partial charge in [0, 0.05) is 18.2 Å². The Bertz CT molecular complexity index is 424. The lowest BCUT2D eigenvalue weighted by Gasteiger charge is -2.14. The minimum Gasteiger partial charge on any atom is -0.377 e. The standard InChI is InChI=1S/C11H14F2N2O2/c1-3-4-7(2)14-10-6-8(12)5-9(13)11(10)15(16)17/h5-7,14H,3-4H2,1-2H3. The first kappa shape index (κ1) is 13.3. The third-order valence-corrected chi connectivity index (χ3v) is 2.33. The Labute approximate surface area is 97.8 Å². The Balaban J connectivity index is 3.08. The van der Waals surface area contributed by atoms with Crippen LogP contribution >= 0.6 is 0 Å². The first-order valence-electron chi connectivity index (χ1n) is 5.35. The van der Waals surface area contributed by atoms with Crippen LogP contribution in [-0.2, 0) is 0 Å². The van der Waals surface area contributed by atoms with Gasteiger partial charge < -0.3 is 5.32 Å². The molecule has 4 nitrogen and oxygen atoms in total. The zero-order valence-corrected chi connectivity index (χ0v) is 9.67. The number of anilines is 1. The van der Waals surface area contributed by atoms with Crippen LogP contribution in [0.2, 0.25) is 0 Å². The Morgan fingerprint density at radius 2 is 2.12 bits per heavy atom. The Morgan fingerprint density at radius 1 is 1.47 bits per heavy atom. The molecule has 17 heavy (non-hydrogen) atoms. The fraction of sp³-hybridized carbons (Fsp3) is 0.455. The van der Waals surface area contributed by atoms with Crippen LogP contribution in [0.1, 0.15) is 26.7 Å². The SMILES string of the molecule is CCCC(C)Nc1cc(F)cc(F)c1[N+](=O)[O-]. The number of nitro benzene ring substituents is 1. The first-order valence-corrected chi connectivity index (χ1v) is 5.35. The van der Waals surface area contributed by atoms with Crippen molar-refractivity contribution in [1.29, 1.82) is 0 Å². The number of halogens is 2. The highest BCUT2D eigenvalue weighted by atomic mass is 19.1. The van der Waals surface area contributed by atoms with Crippen molar-refractivity contribution >= 4 is 11.4 Å². The molecule has 0 aliphatic rings. The zero-order valence-electron chi connectivity index (χ0n) is 9.67. The van der Waals surface area contributed by atoms with Gasteiger partial charge in [0.2, 0.25) is 5.82 Å². The normalized spacial score (nSPS) is 12.2. The van der Waals surface area contributed by atoms with E-state index >= 15 is 0 Å². The molecule has 0 aliphatic heterocycles. The molecule has 0 fully saturated rings. The number of benzene rings is 1. The molecule has 0 saturated carbocycles. The van der Waals surface area contributed by atoms with Crippen LogP contribution in [0.4, 0.5) is 20.2 Å². The molecule has 1 atom stereocenters. The summed E-state index contributed by atoms with van der Waals surface area (Å²) in [5, 5.41) is 13.4.